The summed E-state index contributed by atoms with van der Waals surface area (Å²) in [5, 5.41) is 12.2. The van der Waals surface area contributed by atoms with Crippen LogP contribution in [0.3, 0.4) is 0 Å². The van der Waals surface area contributed by atoms with Crippen LogP contribution in [0, 0.1) is 11.8 Å². The van der Waals surface area contributed by atoms with Crippen molar-refractivity contribution in [2.45, 2.75) is 63.2 Å². The summed E-state index contributed by atoms with van der Waals surface area (Å²) in [6.07, 6.45) is 8.05. The minimum atomic E-state index is -0.537. The number of unbranched alkanes of at least 4 members (excludes halogenated alkanes) is 1. The summed E-state index contributed by atoms with van der Waals surface area (Å²) in [6.45, 7) is 0.585. The number of fused-ring (bicyclic) bond motifs is 2. The van der Waals surface area contributed by atoms with E-state index in [1.807, 2.05) is 18.2 Å². The molecule has 2 N–H and O–H groups in total. The van der Waals surface area contributed by atoms with Gasteiger partial charge in [0.05, 0.1) is 19.3 Å². The maximum Gasteiger partial charge on any atom is 0.337 e. The van der Waals surface area contributed by atoms with Crippen molar-refractivity contribution in [1.29, 1.82) is 0 Å². The number of nitrogens with one attached hydrogen (secondary N) is 1. The summed E-state index contributed by atoms with van der Waals surface area (Å²) >= 11 is 0. The first-order valence-corrected chi connectivity index (χ1v) is 11.7. The number of hydrogen-bond donors (Lipinski definition) is 2. The number of esters is 1. The highest BCUT2D eigenvalue weighted by molar-refractivity contribution is 5.92. The lowest BCUT2D eigenvalue weighted by molar-refractivity contribution is -0.147. The second-order valence-corrected chi connectivity index (χ2v) is 9.09. The fraction of sp³-hybridized carbons (Fsp3) is 0.600. The minimum Gasteiger partial charge on any atom is -0.465 e. The number of allylic oxidation sites excluding steroid dienone is 1. The second-order valence-electron chi connectivity index (χ2n) is 9.09. The molecular weight excluding hydrogens is 410 g/mol. The van der Waals surface area contributed by atoms with E-state index in [1.165, 1.54) is 26.4 Å². The molecule has 1 amide bonds. The van der Waals surface area contributed by atoms with E-state index in [4.69, 9.17) is 19.3 Å². The number of hydrogen-bond acceptors (Lipinski definition) is 6. The number of methoxy groups -OCH3 is 1. The summed E-state index contributed by atoms with van der Waals surface area (Å²) in [5.41, 5.74) is 1.47. The van der Waals surface area contributed by atoms with Gasteiger partial charge in [-0.3, -0.25) is 4.79 Å². The third-order valence-corrected chi connectivity index (χ3v) is 6.95. The summed E-state index contributed by atoms with van der Waals surface area (Å²) in [7, 11) is 1.36. The summed E-state index contributed by atoms with van der Waals surface area (Å²) in [5.74, 6) is 1.00. The Morgan fingerprint density at radius 3 is 2.59 bits per heavy atom. The number of benzene rings is 1. The largest absolute Gasteiger partial charge is 0.465 e. The highest BCUT2D eigenvalue weighted by atomic mass is 16.7. The topological polar surface area (TPSA) is 94.1 Å². The van der Waals surface area contributed by atoms with Gasteiger partial charge in [-0.2, -0.15) is 0 Å². The van der Waals surface area contributed by atoms with Crippen LogP contribution >= 0.6 is 0 Å². The van der Waals surface area contributed by atoms with Gasteiger partial charge in [0.15, 0.2) is 5.76 Å². The standard InChI is InChI=1S/C25H33NO6/c1-30-25(29)18-8-6-17(7-9-18)20-14-22(32-23(15-20)31-11-3-2-10-27)24(28)26-21-13-16-4-5-19(21)12-16/h6-9,14,16,19-21,23,27H,2-5,10-13,15H2,1H3,(H,26,28). The highest BCUT2D eigenvalue weighted by Gasteiger charge is 2.41. The molecule has 3 aliphatic rings. The number of aliphatic hydroxyl groups excluding tert-OH is 1. The molecule has 1 aromatic rings. The fourth-order valence-corrected chi connectivity index (χ4v) is 5.22. The Kier molecular flexibility index (Phi) is 7.48. The molecular formula is C25H33NO6. The molecule has 1 heterocycles. The molecule has 5 unspecified atom stereocenters. The molecule has 0 spiro atoms. The molecule has 174 valence electrons. The van der Waals surface area contributed by atoms with E-state index in [-0.39, 0.29) is 30.4 Å². The second kappa shape index (κ2) is 10.5. The van der Waals surface area contributed by atoms with Crippen molar-refractivity contribution in [3.8, 4) is 0 Å². The summed E-state index contributed by atoms with van der Waals surface area (Å²) < 4.78 is 16.6. The lowest BCUT2D eigenvalue weighted by atomic mass is 9.91. The lowest BCUT2D eigenvalue weighted by Crippen LogP contribution is -2.41. The van der Waals surface area contributed by atoms with Crippen LogP contribution in [0.5, 0.6) is 0 Å². The average Bonchev–Trinajstić information content (AvgIpc) is 3.44. The van der Waals surface area contributed by atoms with E-state index in [9.17, 15) is 9.59 Å². The highest BCUT2D eigenvalue weighted by Crippen LogP contribution is 2.44. The van der Waals surface area contributed by atoms with Gasteiger partial charge in [-0.25, -0.2) is 4.79 Å². The predicted octanol–water partition coefficient (Wildman–Crippen LogP) is 3.28. The smallest absolute Gasteiger partial charge is 0.337 e. The third-order valence-electron chi connectivity index (χ3n) is 6.95. The van der Waals surface area contributed by atoms with Gasteiger partial charge in [-0.05, 0) is 67.7 Å². The maximum atomic E-state index is 13.1. The van der Waals surface area contributed by atoms with Crippen molar-refractivity contribution in [1.82, 2.24) is 5.32 Å². The maximum absolute atomic E-state index is 13.1. The number of ether oxygens (including phenoxy) is 3. The number of carbonyl (C=O) groups is 2. The quantitative estimate of drug-likeness (QED) is 0.449. The normalized spacial score (nSPS) is 28.7. The van der Waals surface area contributed by atoms with Crippen molar-refractivity contribution in [2.24, 2.45) is 11.8 Å². The Balaban J connectivity index is 1.46. The molecule has 5 atom stereocenters. The lowest BCUT2D eigenvalue weighted by Gasteiger charge is -2.30. The molecule has 2 aliphatic carbocycles. The Morgan fingerprint density at radius 1 is 1.12 bits per heavy atom. The van der Waals surface area contributed by atoms with Crippen LogP contribution in [0.15, 0.2) is 36.1 Å². The van der Waals surface area contributed by atoms with Crippen molar-refractivity contribution >= 4 is 11.9 Å². The Morgan fingerprint density at radius 2 is 1.94 bits per heavy atom. The molecule has 2 fully saturated rings. The minimum absolute atomic E-state index is 0.0703. The van der Waals surface area contributed by atoms with Crippen LogP contribution < -0.4 is 5.32 Å². The van der Waals surface area contributed by atoms with Gasteiger partial charge in [-0.15, -0.1) is 0 Å². The van der Waals surface area contributed by atoms with Gasteiger partial charge in [0.25, 0.3) is 5.91 Å². The van der Waals surface area contributed by atoms with E-state index in [2.05, 4.69) is 5.32 Å². The molecule has 4 rings (SSSR count). The van der Waals surface area contributed by atoms with Crippen molar-refractivity contribution in [3.05, 3.63) is 47.2 Å². The number of aliphatic hydroxyl groups is 1. The number of amides is 1. The van der Waals surface area contributed by atoms with Gasteiger partial charge in [0.1, 0.15) is 0 Å². The van der Waals surface area contributed by atoms with Crippen LogP contribution in [-0.2, 0) is 19.0 Å². The van der Waals surface area contributed by atoms with E-state index in [0.29, 0.717) is 36.7 Å². The predicted molar refractivity (Wildman–Crippen MR) is 118 cm³/mol. The van der Waals surface area contributed by atoms with E-state index in [1.54, 1.807) is 12.1 Å². The zero-order valence-corrected chi connectivity index (χ0v) is 18.6. The molecule has 0 saturated heterocycles. The fourth-order valence-electron chi connectivity index (χ4n) is 5.22. The Bertz CT molecular complexity index is 835. The number of carbonyl (C=O) groups excluding carboxylic acids is 2. The Labute approximate surface area is 189 Å². The first-order chi connectivity index (χ1) is 15.6. The molecule has 1 aromatic carbocycles. The summed E-state index contributed by atoms with van der Waals surface area (Å²) in [6, 6.07) is 7.46. The van der Waals surface area contributed by atoms with Crippen molar-refractivity contribution in [2.75, 3.05) is 20.3 Å². The SMILES string of the molecule is COC(=O)c1ccc(C2C=C(C(=O)NC3CC4CCC3C4)OC(OCCCCO)C2)cc1. The molecule has 32 heavy (non-hydrogen) atoms. The van der Waals surface area contributed by atoms with Crippen LogP contribution in [0.25, 0.3) is 0 Å². The van der Waals surface area contributed by atoms with E-state index < -0.39 is 6.29 Å². The van der Waals surface area contributed by atoms with Crippen LogP contribution in [-0.4, -0.2) is 49.6 Å². The first kappa shape index (κ1) is 22.8. The van der Waals surface area contributed by atoms with Crippen LogP contribution in [0.2, 0.25) is 0 Å². The molecule has 7 heteroatoms. The molecule has 2 saturated carbocycles. The van der Waals surface area contributed by atoms with Crippen molar-refractivity contribution in [3.63, 3.8) is 0 Å². The van der Waals surface area contributed by atoms with Crippen molar-refractivity contribution < 1.29 is 28.9 Å². The monoisotopic (exact) mass is 443 g/mol. The summed E-state index contributed by atoms with van der Waals surface area (Å²) in [4.78, 5) is 24.8. The number of rotatable bonds is 9. The van der Waals surface area contributed by atoms with E-state index in [0.717, 1.165) is 24.3 Å². The molecule has 0 radical (unpaired) electrons. The Hall–Kier alpha value is -2.38. The zero-order chi connectivity index (χ0) is 22.5. The van der Waals surface area contributed by atoms with Gasteiger partial charge >= 0.3 is 5.97 Å². The molecule has 7 nitrogen and oxygen atoms in total. The van der Waals surface area contributed by atoms with E-state index >= 15 is 0 Å². The van der Waals surface area contributed by atoms with Gasteiger partial charge < -0.3 is 24.6 Å². The molecule has 1 aliphatic heterocycles. The molecule has 0 aromatic heterocycles. The van der Waals surface area contributed by atoms with Crippen LogP contribution in [0.1, 0.15) is 66.8 Å². The van der Waals surface area contributed by atoms with Gasteiger partial charge in [-0.1, -0.05) is 18.6 Å². The zero-order valence-electron chi connectivity index (χ0n) is 18.6. The molecule has 2 bridgehead atoms. The van der Waals surface area contributed by atoms with Crippen LogP contribution in [0.4, 0.5) is 0 Å². The van der Waals surface area contributed by atoms with Gasteiger partial charge in [0.2, 0.25) is 6.29 Å². The average molecular weight is 444 g/mol. The van der Waals surface area contributed by atoms with Gasteiger partial charge in [0, 0.05) is 25.0 Å². The third kappa shape index (κ3) is 5.33. The first-order valence-electron chi connectivity index (χ1n) is 11.7.